The number of carbonyl (C=O) groups excluding carboxylic acids is 1. The maximum atomic E-state index is 10.8. The van der Waals surface area contributed by atoms with Crippen molar-refractivity contribution in [3.8, 4) is 0 Å². The van der Waals surface area contributed by atoms with Crippen LogP contribution in [0.25, 0.3) is 0 Å². The molecule has 1 N–H and O–H groups in total. The van der Waals surface area contributed by atoms with Gasteiger partial charge in [0.25, 0.3) is 5.91 Å². The van der Waals surface area contributed by atoms with E-state index in [1.807, 2.05) is 0 Å². The summed E-state index contributed by atoms with van der Waals surface area (Å²) in [7, 11) is 1.66. The van der Waals surface area contributed by atoms with Gasteiger partial charge in [0.15, 0.2) is 0 Å². The largest absolute Gasteiger partial charge is 0.510 e. The van der Waals surface area contributed by atoms with Gasteiger partial charge in [-0.1, -0.05) is 0 Å². The molecule has 1 amide bonds. The third-order valence-corrected chi connectivity index (χ3v) is 1.49. The summed E-state index contributed by atoms with van der Waals surface area (Å²) in [6.45, 7) is 1.99. The van der Waals surface area contributed by atoms with Crippen molar-refractivity contribution in [1.82, 2.24) is 4.90 Å². The zero-order valence-corrected chi connectivity index (χ0v) is 5.51. The zero-order valence-electron chi connectivity index (χ0n) is 5.51. The van der Waals surface area contributed by atoms with Crippen molar-refractivity contribution in [3.05, 3.63) is 11.3 Å². The first-order valence-electron chi connectivity index (χ1n) is 2.77. The molecule has 3 nitrogen and oxygen atoms in total. The summed E-state index contributed by atoms with van der Waals surface area (Å²) >= 11 is 0. The van der Waals surface area contributed by atoms with Crippen molar-refractivity contribution < 1.29 is 9.90 Å². The minimum absolute atomic E-state index is 0.0764. The van der Waals surface area contributed by atoms with Crippen LogP contribution in [0.4, 0.5) is 0 Å². The Hall–Kier alpha value is -0.990. The Bertz CT molecular complexity index is 183. The van der Waals surface area contributed by atoms with Crippen LogP contribution in [0.1, 0.15) is 6.92 Å². The maximum Gasteiger partial charge on any atom is 0.253 e. The second-order valence-electron chi connectivity index (χ2n) is 2.23. The SMILES string of the molecule is CC1=C(O)CN(C)C1=O. The van der Waals surface area contributed by atoms with Crippen LogP contribution in [0.2, 0.25) is 0 Å². The highest BCUT2D eigenvalue weighted by Crippen LogP contribution is 2.13. The predicted octanol–water partition coefficient (Wildman–Crippen LogP) is 0.290. The Morgan fingerprint density at radius 1 is 1.67 bits per heavy atom. The van der Waals surface area contributed by atoms with Crippen molar-refractivity contribution in [2.45, 2.75) is 6.92 Å². The van der Waals surface area contributed by atoms with E-state index in [1.54, 1.807) is 14.0 Å². The first-order valence-corrected chi connectivity index (χ1v) is 2.77. The number of amides is 1. The Morgan fingerprint density at radius 2 is 2.22 bits per heavy atom. The third-order valence-electron chi connectivity index (χ3n) is 1.49. The van der Waals surface area contributed by atoms with Crippen LogP contribution in [0.3, 0.4) is 0 Å². The molecule has 3 heteroatoms. The molecular formula is C6H9NO2. The summed E-state index contributed by atoms with van der Waals surface area (Å²) in [5, 5.41) is 8.96. The molecule has 0 unspecified atom stereocenters. The summed E-state index contributed by atoms with van der Waals surface area (Å²) in [5.74, 6) is 0.120. The van der Waals surface area contributed by atoms with Gasteiger partial charge >= 0.3 is 0 Å². The van der Waals surface area contributed by atoms with Crippen LogP contribution in [0.15, 0.2) is 11.3 Å². The van der Waals surface area contributed by atoms with Crippen molar-refractivity contribution in [3.63, 3.8) is 0 Å². The average molecular weight is 127 g/mol. The lowest BCUT2D eigenvalue weighted by atomic mass is 10.3. The van der Waals surface area contributed by atoms with Crippen LogP contribution in [-0.4, -0.2) is 29.5 Å². The normalized spacial score (nSPS) is 19.8. The van der Waals surface area contributed by atoms with Gasteiger partial charge in [0, 0.05) is 7.05 Å². The van der Waals surface area contributed by atoms with E-state index in [4.69, 9.17) is 5.11 Å². The van der Waals surface area contributed by atoms with Crippen LogP contribution < -0.4 is 0 Å². The standard InChI is InChI=1S/C6H9NO2/c1-4-5(8)3-7(2)6(4)9/h8H,3H2,1-2H3. The molecule has 0 radical (unpaired) electrons. The second kappa shape index (κ2) is 1.76. The average Bonchev–Trinajstić information content (AvgIpc) is 1.98. The molecule has 0 atom stereocenters. The number of hydrogen-bond donors (Lipinski definition) is 1. The number of likely N-dealkylation sites (N-methyl/N-ethyl adjacent to an activating group) is 1. The van der Waals surface area contributed by atoms with Crippen LogP contribution in [-0.2, 0) is 4.79 Å². The molecular weight excluding hydrogens is 118 g/mol. The molecule has 0 bridgehead atoms. The molecule has 0 fully saturated rings. The van der Waals surface area contributed by atoms with Gasteiger partial charge < -0.3 is 10.0 Å². The van der Waals surface area contributed by atoms with Gasteiger partial charge in [0.05, 0.1) is 12.1 Å². The van der Waals surface area contributed by atoms with E-state index in [2.05, 4.69) is 0 Å². The Kier molecular flexibility index (Phi) is 1.20. The van der Waals surface area contributed by atoms with Gasteiger partial charge in [-0.25, -0.2) is 0 Å². The van der Waals surface area contributed by atoms with E-state index in [-0.39, 0.29) is 11.7 Å². The van der Waals surface area contributed by atoms with E-state index < -0.39 is 0 Å². The molecule has 1 heterocycles. The minimum atomic E-state index is -0.0764. The molecule has 0 aromatic rings. The number of rotatable bonds is 0. The third kappa shape index (κ3) is 0.781. The van der Waals surface area contributed by atoms with E-state index in [9.17, 15) is 4.79 Å². The highest BCUT2D eigenvalue weighted by molar-refractivity contribution is 5.95. The first kappa shape index (κ1) is 6.13. The fourth-order valence-electron chi connectivity index (χ4n) is 0.825. The summed E-state index contributed by atoms with van der Waals surface area (Å²) in [6, 6.07) is 0. The van der Waals surface area contributed by atoms with Crippen molar-refractivity contribution in [2.24, 2.45) is 0 Å². The van der Waals surface area contributed by atoms with E-state index in [0.29, 0.717) is 12.1 Å². The molecule has 0 aromatic carbocycles. The topological polar surface area (TPSA) is 40.5 Å². The first-order chi connectivity index (χ1) is 4.13. The van der Waals surface area contributed by atoms with Gasteiger partial charge in [0.1, 0.15) is 5.76 Å². The molecule has 0 spiro atoms. The fourth-order valence-corrected chi connectivity index (χ4v) is 0.825. The van der Waals surface area contributed by atoms with Crippen molar-refractivity contribution >= 4 is 5.91 Å². The van der Waals surface area contributed by atoms with E-state index >= 15 is 0 Å². The fraction of sp³-hybridized carbons (Fsp3) is 0.500. The molecule has 0 aromatic heterocycles. The monoisotopic (exact) mass is 127 g/mol. The highest BCUT2D eigenvalue weighted by Gasteiger charge is 2.22. The Morgan fingerprint density at radius 3 is 2.33 bits per heavy atom. The predicted molar refractivity (Wildman–Crippen MR) is 33.0 cm³/mol. The molecule has 1 aliphatic rings. The van der Waals surface area contributed by atoms with Gasteiger partial charge in [-0.05, 0) is 6.92 Å². The summed E-state index contributed by atoms with van der Waals surface area (Å²) in [4.78, 5) is 12.3. The minimum Gasteiger partial charge on any atom is -0.510 e. The van der Waals surface area contributed by atoms with Crippen LogP contribution in [0.5, 0.6) is 0 Å². The van der Waals surface area contributed by atoms with Crippen LogP contribution in [0, 0.1) is 0 Å². The van der Waals surface area contributed by atoms with Gasteiger partial charge in [-0.3, -0.25) is 4.79 Å². The smallest absolute Gasteiger partial charge is 0.253 e. The highest BCUT2D eigenvalue weighted by atomic mass is 16.3. The number of carbonyl (C=O) groups is 1. The van der Waals surface area contributed by atoms with E-state index in [1.165, 1.54) is 4.90 Å². The lowest BCUT2D eigenvalue weighted by Gasteiger charge is -2.05. The summed E-state index contributed by atoms with van der Waals surface area (Å²) in [6.07, 6.45) is 0. The second-order valence-corrected chi connectivity index (χ2v) is 2.23. The molecule has 9 heavy (non-hydrogen) atoms. The quantitative estimate of drug-likeness (QED) is 0.508. The molecule has 0 saturated carbocycles. The van der Waals surface area contributed by atoms with Gasteiger partial charge in [0.2, 0.25) is 0 Å². The number of aliphatic hydroxyl groups is 1. The van der Waals surface area contributed by atoms with Crippen molar-refractivity contribution in [2.75, 3.05) is 13.6 Å². The number of nitrogens with zero attached hydrogens (tertiary/aromatic N) is 1. The number of aliphatic hydroxyl groups excluding tert-OH is 1. The van der Waals surface area contributed by atoms with Crippen molar-refractivity contribution in [1.29, 1.82) is 0 Å². The summed E-state index contributed by atoms with van der Waals surface area (Å²) < 4.78 is 0. The Labute approximate surface area is 53.6 Å². The van der Waals surface area contributed by atoms with Gasteiger partial charge in [-0.2, -0.15) is 0 Å². The Balaban J connectivity index is 2.87. The molecule has 1 rings (SSSR count). The molecule has 50 valence electrons. The lowest BCUT2D eigenvalue weighted by Crippen LogP contribution is -2.21. The maximum absolute atomic E-state index is 10.8. The van der Waals surface area contributed by atoms with Crippen LogP contribution >= 0.6 is 0 Å². The number of hydrogen-bond acceptors (Lipinski definition) is 2. The van der Waals surface area contributed by atoms with E-state index in [0.717, 1.165) is 0 Å². The lowest BCUT2D eigenvalue weighted by molar-refractivity contribution is -0.124. The van der Waals surface area contributed by atoms with Gasteiger partial charge in [-0.15, -0.1) is 0 Å². The zero-order chi connectivity index (χ0) is 7.02. The molecule has 0 saturated heterocycles. The molecule has 1 aliphatic heterocycles. The summed E-state index contributed by atoms with van der Waals surface area (Å²) in [5.41, 5.74) is 0.470. The molecule has 0 aliphatic carbocycles.